The van der Waals surface area contributed by atoms with Crippen molar-refractivity contribution in [3.63, 3.8) is 0 Å². The van der Waals surface area contributed by atoms with Crippen LogP contribution in [0.1, 0.15) is 32.3 Å². The molecule has 0 spiro atoms. The number of halogens is 2. The summed E-state index contributed by atoms with van der Waals surface area (Å²) < 4.78 is 13.0. The van der Waals surface area contributed by atoms with E-state index in [2.05, 4.69) is 19.9 Å². The van der Waals surface area contributed by atoms with Crippen molar-refractivity contribution >= 4 is 11.6 Å². The third kappa shape index (κ3) is 3.80. The average molecular weight is 283 g/mol. The molecule has 3 heteroatoms. The Hall–Kier alpha value is -0.860. The predicted molar refractivity (Wildman–Crippen MR) is 76.8 cm³/mol. The first kappa shape index (κ1) is 14.5. The Morgan fingerprint density at radius 2 is 2.21 bits per heavy atom. The second-order valence-corrected chi connectivity index (χ2v) is 6.10. The topological polar surface area (TPSA) is 20.2 Å². The summed E-state index contributed by atoms with van der Waals surface area (Å²) in [6.07, 6.45) is 4.27. The van der Waals surface area contributed by atoms with Crippen molar-refractivity contribution in [3.8, 4) is 0 Å². The minimum absolute atomic E-state index is 0.265. The summed E-state index contributed by atoms with van der Waals surface area (Å²) in [5, 5.41) is 10.8. The molecule has 0 saturated heterocycles. The maximum atomic E-state index is 13.0. The molecule has 0 bridgehead atoms. The lowest BCUT2D eigenvalue weighted by molar-refractivity contribution is 0.0932. The van der Waals surface area contributed by atoms with Crippen LogP contribution in [0.2, 0.25) is 5.02 Å². The molecule has 1 nitrogen and oxygen atoms in total. The van der Waals surface area contributed by atoms with Crippen LogP contribution >= 0.6 is 11.6 Å². The second-order valence-electron chi connectivity index (χ2n) is 5.70. The molecule has 0 radical (unpaired) electrons. The lowest BCUT2D eigenvalue weighted by Crippen LogP contribution is -2.27. The van der Waals surface area contributed by atoms with Gasteiger partial charge in [-0.15, -0.1) is 0 Å². The van der Waals surface area contributed by atoms with Gasteiger partial charge < -0.3 is 5.11 Å². The lowest BCUT2D eigenvalue weighted by Gasteiger charge is -2.29. The summed E-state index contributed by atoms with van der Waals surface area (Å²) in [7, 11) is 0. The number of aliphatic hydroxyl groups is 1. The highest BCUT2D eigenvalue weighted by atomic mass is 35.5. The fourth-order valence-electron chi connectivity index (χ4n) is 2.97. The highest BCUT2D eigenvalue weighted by Gasteiger charge is 2.25. The SMILES string of the molecule is CC1=CC(C)CC(C(O)Cc2ccc(F)cc2Cl)C1. The zero-order valence-electron chi connectivity index (χ0n) is 11.4. The minimum atomic E-state index is -0.422. The Morgan fingerprint density at radius 1 is 1.47 bits per heavy atom. The van der Waals surface area contributed by atoms with Gasteiger partial charge in [0.05, 0.1) is 6.10 Å². The van der Waals surface area contributed by atoms with Gasteiger partial charge in [-0.2, -0.15) is 0 Å². The predicted octanol–water partition coefficient (Wildman–Crippen LogP) is 4.37. The van der Waals surface area contributed by atoms with Gasteiger partial charge in [0.1, 0.15) is 5.82 Å². The molecule has 1 N–H and O–H groups in total. The molecular formula is C16H20ClFO. The van der Waals surface area contributed by atoms with Crippen molar-refractivity contribution in [2.24, 2.45) is 11.8 Å². The van der Waals surface area contributed by atoms with E-state index >= 15 is 0 Å². The van der Waals surface area contributed by atoms with Crippen molar-refractivity contribution in [1.82, 2.24) is 0 Å². The molecule has 3 atom stereocenters. The van der Waals surface area contributed by atoms with Gasteiger partial charge >= 0.3 is 0 Å². The van der Waals surface area contributed by atoms with Gasteiger partial charge in [-0.25, -0.2) is 4.39 Å². The van der Waals surface area contributed by atoms with Gasteiger partial charge in [-0.05, 0) is 49.3 Å². The molecule has 0 saturated carbocycles. The van der Waals surface area contributed by atoms with Crippen molar-refractivity contribution in [2.75, 3.05) is 0 Å². The van der Waals surface area contributed by atoms with Gasteiger partial charge in [0, 0.05) is 11.4 Å². The first-order valence-electron chi connectivity index (χ1n) is 6.75. The molecular weight excluding hydrogens is 263 g/mol. The summed E-state index contributed by atoms with van der Waals surface area (Å²) >= 11 is 6.01. The van der Waals surface area contributed by atoms with Crippen LogP contribution in [0, 0.1) is 17.7 Å². The molecule has 19 heavy (non-hydrogen) atoms. The highest BCUT2D eigenvalue weighted by molar-refractivity contribution is 6.31. The van der Waals surface area contributed by atoms with Gasteiger partial charge in [-0.1, -0.05) is 36.2 Å². The molecule has 0 aliphatic heterocycles. The Kier molecular flexibility index (Phi) is 4.64. The molecule has 2 rings (SSSR count). The second kappa shape index (κ2) is 6.06. The van der Waals surface area contributed by atoms with Crippen molar-refractivity contribution < 1.29 is 9.50 Å². The first-order chi connectivity index (χ1) is 8.95. The number of benzene rings is 1. The zero-order valence-corrected chi connectivity index (χ0v) is 12.1. The molecule has 0 amide bonds. The number of aliphatic hydroxyl groups excluding tert-OH is 1. The third-order valence-corrected chi connectivity index (χ3v) is 4.17. The van der Waals surface area contributed by atoms with E-state index < -0.39 is 6.10 Å². The zero-order chi connectivity index (χ0) is 14.0. The Bertz CT molecular complexity index is 484. The molecule has 0 aromatic heterocycles. The molecule has 1 aliphatic carbocycles. The van der Waals surface area contributed by atoms with E-state index in [1.165, 1.54) is 17.7 Å². The monoisotopic (exact) mass is 282 g/mol. The third-order valence-electron chi connectivity index (χ3n) is 3.82. The Morgan fingerprint density at radius 3 is 2.84 bits per heavy atom. The van der Waals surface area contributed by atoms with Crippen LogP contribution in [0.4, 0.5) is 4.39 Å². The summed E-state index contributed by atoms with van der Waals surface area (Å²) in [6.45, 7) is 4.29. The summed E-state index contributed by atoms with van der Waals surface area (Å²) in [4.78, 5) is 0. The van der Waals surface area contributed by atoms with Gasteiger partial charge in [0.15, 0.2) is 0 Å². The maximum Gasteiger partial charge on any atom is 0.124 e. The van der Waals surface area contributed by atoms with E-state index in [-0.39, 0.29) is 11.7 Å². The van der Waals surface area contributed by atoms with Crippen molar-refractivity contribution in [1.29, 1.82) is 0 Å². The van der Waals surface area contributed by atoms with E-state index in [0.717, 1.165) is 18.4 Å². The van der Waals surface area contributed by atoms with E-state index in [9.17, 15) is 9.50 Å². The van der Waals surface area contributed by atoms with Gasteiger partial charge in [0.25, 0.3) is 0 Å². The van der Waals surface area contributed by atoms with Crippen LogP contribution in [-0.2, 0) is 6.42 Å². The van der Waals surface area contributed by atoms with Crippen LogP contribution in [0.5, 0.6) is 0 Å². The standard InChI is InChI=1S/C16H20ClFO/c1-10-5-11(2)7-13(6-10)16(19)8-12-3-4-14(18)9-15(12)17/h3-5,9-10,13,16,19H,6-8H2,1-2H3. The van der Waals surface area contributed by atoms with Crippen LogP contribution in [-0.4, -0.2) is 11.2 Å². The first-order valence-corrected chi connectivity index (χ1v) is 7.12. The summed E-state index contributed by atoms with van der Waals surface area (Å²) in [6, 6.07) is 4.36. The number of hydrogen-bond donors (Lipinski definition) is 1. The fraction of sp³-hybridized carbons (Fsp3) is 0.500. The lowest BCUT2D eigenvalue weighted by atomic mass is 9.79. The van der Waals surface area contributed by atoms with E-state index in [1.807, 2.05) is 0 Å². The van der Waals surface area contributed by atoms with Gasteiger partial charge in [0.2, 0.25) is 0 Å². The maximum absolute atomic E-state index is 13.0. The molecule has 3 unspecified atom stereocenters. The highest BCUT2D eigenvalue weighted by Crippen LogP contribution is 2.32. The van der Waals surface area contributed by atoms with E-state index in [0.29, 0.717) is 17.4 Å². The Labute approximate surface area is 119 Å². The number of hydrogen-bond acceptors (Lipinski definition) is 1. The number of rotatable bonds is 3. The fourth-order valence-corrected chi connectivity index (χ4v) is 3.21. The minimum Gasteiger partial charge on any atom is -0.392 e. The van der Waals surface area contributed by atoms with E-state index in [1.54, 1.807) is 6.07 Å². The van der Waals surface area contributed by atoms with Crippen molar-refractivity contribution in [3.05, 3.63) is 46.3 Å². The van der Waals surface area contributed by atoms with E-state index in [4.69, 9.17) is 11.6 Å². The normalized spacial score (nSPS) is 25.0. The smallest absolute Gasteiger partial charge is 0.124 e. The Balaban J connectivity index is 2.05. The summed E-state index contributed by atoms with van der Waals surface area (Å²) in [5.74, 6) is 0.437. The van der Waals surface area contributed by atoms with Crippen molar-refractivity contribution in [2.45, 2.75) is 39.2 Å². The molecule has 104 valence electrons. The number of allylic oxidation sites excluding steroid dienone is 2. The van der Waals surface area contributed by atoms with Crippen LogP contribution in [0.15, 0.2) is 29.8 Å². The molecule has 1 aromatic rings. The summed E-state index contributed by atoms with van der Waals surface area (Å²) in [5.41, 5.74) is 2.16. The largest absolute Gasteiger partial charge is 0.392 e. The molecule has 0 heterocycles. The van der Waals surface area contributed by atoms with Gasteiger partial charge in [-0.3, -0.25) is 0 Å². The average Bonchev–Trinajstić information content (AvgIpc) is 2.31. The van der Waals surface area contributed by atoms with Crippen LogP contribution in [0.25, 0.3) is 0 Å². The van der Waals surface area contributed by atoms with Crippen LogP contribution in [0.3, 0.4) is 0 Å². The van der Waals surface area contributed by atoms with Crippen LogP contribution < -0.4 is 0 Å². The quantitative estimate of drug-likeness (QED) is 0.816. The molecule has 0 fully saturated rings. The molecule has 1 aromatic carbocycles. The molecule has 1 aliphatic rings.